The summed E-state index contributed by atoms with van der Waals surface area (Å²) in [6.07, 6.45) is 1.50. The van der Waals surface area contributed by atoms with Crippen molar-refractivity contribution < 1.29 is 9.50 Å². The van der Waals surface area contributed by atoms with E-state index in [4.69, 9.17) is 5.11 Å². The van der Waals surface area contributed by atoms with Gasteiger partial charge < -0.3 is 5.11 Å². The zero-order chi connectivity index (χ0) is 12.3. The Bertz CT molecular complexity index is 493. The molecule has 1 aromatic carbocycles. The molecule has 17 heavy (non-hydrogen) atoms. The Kier molecular flexibility index (Phi) is 3.86. The molecule has 2 aromatic rings. The fourth-order valence-electron chi connectivity index (χ4n) is 1.68. The van der Waals surface area contributed by atoms with Crippen LogP contribution in [0.2, 0.25) is 0 Å². The molecule has 0 atom stereocenters. The summed E-state index contributed by atoms with van der Waals surface area (Å²) in [5.74, 6) is -0.239. The summed E-state index contributed by atoms with van der Waals surface area (Å²) < 4.78 is 12.8. The topological polar surface area (TPSA) is 33.1 Å². The van der Waals surface area contributed by atoms with Crippen LogP contribution in [0.25, 0.3) is 10.6 Å². The number of halogens is 1. The second kappa shape index (κ2) is 5.38. The molecule has 1 N–H and O–H groups in total. The quantitative estimate of drug-likeness (QED) is 0.906. The smallest absolute Gasteiger partial charge is 0.123 e. The highest BCUT2D eigenvalue weighted by atomic mass is 32.1. The molecular weight excluding hydrogens is 237 g/mol. The van der Waals surface area contributed by atoms with Crippen LogP contribution in [0.4, 0.5) is 4.39 Å². The molecule has 0 radical (unpaired) electrons. The first-order chi connectivity index (χ1) is 8.24. The number of hydrogen-bond acceptors (Lipinski definition) is 3. The van der Waals surface area contributed by atoms with Gasteiger partial charge in [-0.3, -0.25) is 0 Å². The van der Waals surface area contributed by atoms with Gasteiger partial charge in [-0.05, 0) is 30.7 Å². The van der Waals surface area contributed by atoms with Crippen molar-refractivity contribution in [1.82, 2.24) is 4.98 Å². The fourth-order valence-corrected chi connectivity index (χ4v) is 2.73. The van der Waals surface area contributed by atoms with E-state index in [9.17, 15) is 4.39 Å². The van der Waals surface area contributed by atoms with Gasteiger partial charge in [0.1, 0.15) is 10.8 Å². The van der Waals surface area contributed by atoms with Gasteiger partial charge in [0.2, 0.25) is 0 Å². The van der Waals surface area contributed by atoms with Crippen molar-refractivity contribution in [2.24, 2.45) is 0 Å². The number of aryl methyl sites for hydroxylation is 1. The van der Waals surface area contributed by atoms with Gasteiger partial charge in [-0.1, -0.05) is 6.92 Å². The average molecular weight is 251 g/mol. The van der Waals surface area contributed by atoms with Crippen molar-refractivity contribution >= 4 is 11.3 Å². The van der Waals surface area contributed by atoms with Crippen molar-refractivity contribution in [2.75, 3.05) is 6.61 Å². The van der Waals surface area contributed by atoms with E-state index in [1.807, 2.05) is 0 Å². The van der Waals surface area contributed by atoms with Gasteiger partial charge in [0.05, 0.1) is 5.69 Å². The maximum atomic E-state index is 12.8. The SMILES string of the molecule is CCc1sc(-c2ccc(F)cc2)nc1CCO. The second-order valence-corrected chi connectivity index (χ2v) is 4.81. The van der Waals surface area contributed by atoms with Crippen LogP contribution in [0.5, 0.6) is 0 Å². The molecule has 1 aromatic heterocycles. The van der Waals surface area contributed by atoms with Crippen LogP contribution in [-0.4, -0.2) is 16.7 Å². The minimum absolute atomic E-state index is 0.111. The van der Waals surface area contributed by atoms with Crippen molar-refractivity contribution in [3.63, 3.8) is 0 Å². The summed E-state index contributed by atoms with van der Waals surface area (Å²) in [6, 6.07) is 6.34. The van der Waals surface area contributed by atoms with Crippen molar-refractivity contribution in [2.45, 2.75) is 19.8 Å². The molecular formula is C13H14FNOS. The number of benzene rings is 1. The van der Waals surface area contributed by atoms with Crippen LogP contribution >= 0.6 is 11.3 Å². The first-order valence-corrected chi connectivity index (χ1v) is 6.41. The molecule has 0 fully saturated rings. The minimum Gasteiger partial charge on any atom is -0.396 e. The molecule has 0 saturated carbocycles. The highest BCUT2D eigenvalue weighted by Gasteiger charge is 2.10. The van der Waals surface area contributed by atoms with E-state index < -0.39 is 0 Å². The number of aromatic nitrogens is 1. The zero-order valence-electron chi connectivity index (χ0n) is 9.61. The lowest BCUT2D eigenvalue weighted by Crippen LogP contribution is -1.94. The summed E-state index contributed by atoms with van der Waals surface area (Å²) in [5, 5.41) is 9.86. The Balaban J connectivity index is 2.35. The number of aliphatic hydroxyl groups is 1. The van der Waals surface area contributed by atoms with E-state index in [2.05, 4.69) is 11.9 Å². The van der Waals surface area contributed by atoms with E-state index in [1.165, 1.54) is 17.0 Å². The summed E-state index contributed by atoms with van der Waals surface area (Å²) in [7, 11) is 0. The molecule has 2 rings (SSSR count). The standard InChI is InChI=1S/C13H14FNOS/c1-2-12-11(7-8-16)15-13(17-12)9-3-5-10(14)6-4-9/h3-6,16H,2,7-8H2,1H3. The number of rotatable bonds is 4. The first-order valence-electron chi connectivity index (χ1n) is 5.60. The normalized spacial score (nSPS) is 10.8. The predicted octanol–water partition coefficient (Wildman–Crippen LogP) is 3.05. The number of nitrogens with zero attached hydrogens (tertiary/aromatic N) is 1. The molecule has 0 aliphatic carbocycles. The predicted molar refractivity (Wildman–Crippen MR) is 67.7 cm³/mol. The van der Waals surface area contributed by atoms with Gasteiger partial charge in [-0.15, -0.1) is 11.3 Å². The van der Waals surface area contributed by atoms with E-state index in [0.717, 1.165) is 22.7 Å². The largest absolute Gasteiger partial charge is 0.396 e. The average Bonchev–Trinajstić information content (AvgIpc) is 2.74. The van der Waals surface area contributed by atoms with Gasteiger partial charge in [0.15, 0.2) is 0 Å². The lowest BCUT2D eigenvalue weighted by atomic mass is 10.2. The summed E-state index contributed by atoms with van der Waals surface area (Å²) in [4.78, 5) is 5.70. The van der Waals surface area contributed by atoms with Gasteiger partial charge in [0.25, 0.3) is 0 Å². The molecule has 0 spiro atoms. The number of hydrogen-bond donors (Lipinski definition) is 1. The third kappa shape index (κ3) is 2.70. The molecule has 2 nitrogen and oxygen atoms in total. The van der Waals surface area contributed by atoms with E-state index in [1.54, 1.807) is 23.5 Å². The molecule has 1 heterocycles. The number of thiazole rings is 1. The van der Waals surface area contributed by atoms with Crippen LogP contribution < -0.4 is 0 Å². The molecule has 0 amide bonds. The fraction of sp³-hybridized carbons (Fsp3) is 0.308. The molecule has 0 unspecified atom stereocenters. The molecule has 0 aliphatic rings. The van der Waals surface area contributed by atoms with Crippen molar-refractivity contribution in [3.8, 4) is 10.6 Å². The lowest BCUT2D eigenvalue weighted by Gasteiger charge is -1.95. The third-order valence-electron chi connectivity index (χ3n) is 2.54. The molecule has 90 valence electrons. The maximum Gasteiger partial charge on any atom is 0.123 e. The van der Waals surface area contributed by atoms with Gasteiger partial charge in [-0.25, -0.2) is 9.37 Å². The Morgan fingerprint density at radius 3 is 2.59 bits per heavy atom. The Morgan fingerprint density at radius 1 is 1.29 bits per heavy atom. The number of aliphatic hydroxyl groups excluding tert-OH is 1. The zero-order valence-corrected chi connectivity index (χ0v) is 10.4. The minimum atomic E-state index is -0.239. The van der Waals surface area contributed by atoms with Gasteiger partial charge in [0, 0.05) is 23.5 Å². The van der Waals surface area contributed by atoms with Gasteiger partial charge in [-0.2, -0.15) is 0 Å². The molecule has 0 saturated heterocycles. The maximum absolute atomic E-state index is 12.8. The third-order valence-corrected chi connectivity index (χ3v) is 3.83. The van der Waals surface area contributed by atoms with E-state index in [0.29, 0.717) is 6.42 Å². The summed E-state index contributed by atoms with van der Waals surface area (Å²) in [5.41, 5.74) is 1.88. The van der Waals surface area contributed by atoms with Crippen molar-refractivity contribution in [1.29, 1.82) is 0 Å². The van der Waals surface area contributed by atoms with Crippen LogP contribution in [0.15, 0.2) is 24.3 Å². The van der Waals surface area contributed by atoms with Crippen LogP contribution in [0, 0.1) is 5.82 Å². The van der Waals surface area contributed by atoms with Crippen molar-refractivity contribution in [3.05, 3.63) is 40.7 Å². The van der Waals surface area contributed by atoms with E-state index >= 15 is 0 Å². The summed E-state index contributed by atoms with van der Waals surface area (Å²) >= 11 is 1.61. The highest BCUT2D eigenvalue weighted by molar-refractivity contribution is 7.15. The first kappa shape index (κ1) is 12.2. The van der Waals surface area contributed by atoms with E-state index in [-0.39, 0.29) is 12.4 Å². The Hall–Kier alpha value is -1.26. The molecule has 0 bridgehead atoms. The second-order valence-electron chi connectivity index (χ2n) is 3.72. The highest BCUT2D eigenvalue weighted by Crippen LogP contribution is 2.28. The van der Waals surface area contributed by atoms with Gasteiger partial charge >= 0.3 is 0 Å². The van der Waals surface area contributed by atoms with Crippen LogP contribution in [0.1, 0.15) is 17.5 Å². The van der Waals surface area contributed by atoms with Crippen LogP contribution in [0.3, 0.4) is 0 Å². The summed E-state index contributed by atoms with van der Waals surface area (Å²) in [6.45, 7) is 2.18. The monoisotopic (exact) mass is 251 g/mol. The molecule has 4 heteroatoms. The Labute approximate surface area is 104 Å². The lowest BCUT2D eigenvalue weighted by molar-refractivity contribution is 0.298. The van der Waals surface area contributed by atoms with Crippen LogP contribution in [-0.2, 0) is 12.8 Å². The Morgan fingerprint density at radius 2 is 2.00 bits per heavy atom. The molecule has 0 aliphatic heterocycles.